The van der Waals surface area contributed by atoms with E-state index >= 15 is 0 Å². The number of nitrogens with one attached hydrogen (secondary N) is 1. The van der Waals surface area contributed by atoms with Crippen LogP contribution in [0.25, 0.3) is 0 Å². The van der Waals surface area contributed by atoms with Crippen molar-refractivity contribution in [1.82, 2.24) is 9.80 Å². The maximum Gasteiger partial charge on any atom is 0.257 e. The predicted molar refractivity (Wildman–Crippen MR) is 115 cm³/mol. The highest BCUT2D eigenvalue weighted by atomic mass is 16.5. The van der Waals surface area contributed by atoms with Crippen LogP contribution >= 0.6 is 0 Å². The second-order valence-corrected chi connectivity index (χ2v) is 7.88. The third-order valence-corrected chi connectivity index (χ3v) is 5.45. The van der Waals surface area contributed by atoms with Crippen molar-refractivity contribution in [2.24, 2.45) is 5.92 Å². The molecule has 0 bridgehead atoms. The lowest BCUT2D eigenvalue weighted by atomic mass is 10.0. The van der Waals surface area contributed by atoms with E-state index in [-0.39, 0.29) is 42.4 Å². The van der Waals surface area contributed by atoms with Gasteiger partial charge in [0.25, 0.3) is 5.91 Å². The van der Waals surface area contributed by atoms with Crippen molar-refractivity contribution < 1.29 is 23.9 Å². The molecule has 0 fully saturated rings. The number of carbonyl (C=O) groups is 3. The zero-order valence-corrected chi connectivity index (χ0v) is 18.7. The van der Waals surface area contributed by atoms with Crippen LogP contribution in [0, 0.1) is 5.92 Å². The Labute approximate surface area is 178 Å². The number of amides is 3. The number of likely N-dealkylation sites (N-methyl/N-ethyl adjacent to an activating group) is 1. The van der Waals surface area contributed by atoms with Gasteiger partial charge in [0.05, 0.1) is 17.7 Å². The fourth-order valence-electron chi connectivity index (χ4n) is 3.54. The summed E-state index contributed by atoms with van der Waals surface area (Å²) in [6.07, 6.45) is 0.104. The molecule has 1 aromatic rings. The zero-order valence-electron chi connectivity index (χ0n) is 18.7. The summed E-state index contributed by atoms with van der Waals surface area (Å²) in [5.74, 6) is 0.0458. The summed E-state index contributed by atoms with van der Waals surface area (Å²) in [6, 6.07) is 4.84. The van der Waals surface area contributed by atoms with Gasteiger partial charge < -0.3 is 24.6 Å². The van der Waals surface area contributed by atoms with E-state index in [0.29, 0.717) is 36.5 Å². The van der Waals surface area contributed by atoms with E-state index in [1.165, 1.54) is 0 Å². The van der Waals surface area contributed by atoms with Gasteiger partial charge in [0.2, 0.25) is 11.8 Å². The molecular formula is C22H33N3O5. The summed E-state index contributed by atoms with van der Waals surface area (Å²) in [7, 11) is 3.32. The molecule has 166 valence electrons. The number of hydrogen-bond acceptors (Lipinski definition) is 5. The van der Waals surface area contributed by atoms with Gasteiger partial charge in [0.15, 0.2) is 0 Å². The standard InChI is InChI=1S/C22H33N3O5/c1-7-21(27)23-17-8-9-19-18(10-17)22(28)24(5)12-20(29-6)14(2)11-25(16(4)26)15(3)13-30-19/h8-10,14-15,20H,7,11-13H2,1-6H3,(H,23,27)/t14-,15+,20+/m0/s1. The first-order valence-corrected chi connectivity index (χ1v) is 10.3. The molecule has 1 heterocycles. The van der Waals surface area contributed by atoms with Crippen LogP contribution in [0.15, 0.2) is 18.2 Å². The van der Waals surface area contributed by atoms with Crippen LogP contribution in [0.3, 0.4) is 0 Å². The van der Waals surface area contributed by atoms with E-state index in [9.17, 15) is 14.4 Å². The van der Waals surface area contributed by atoms with Crippen molar-refractivity contribution in [1.29, 1.82) is 0 Å². The molecule has 0 aliphatic carbocycles. The van der Waals surface area contributed by atoms with Crippen molar-refractivity contribution in [3.05, 3.63) is 23.8 Å². The minimum atomic E-state index is -0.236. The van der Waals surface area contributed by atoms with Gasteiger partial charge in [0, 0.05) is 52.2 Å². The van der Waals surface area contributed by atoms with Crippen LogP contribution < -0.4 is 10.1 Å². The number of fused-ring (bicyclic) bond motifs is 1. The van der Waals surface area contributed by atoms with Crippen molar-refractivity contribution in [3.8, 4) is 5.75 Å². The highest BCUT2D eigenvalue weighted by Crippen LogP contribution is 2.26. The molecule has 1 aromatic carbocycles. The number of benzene rings is 1. The van der Waals surface area contributed by atoms with E-state index in [0.717, 1.165) is 0 Å². The number of anilines is 1. The van der Waals surface area contributed by atoms with Crippen molar-refractivity contribution in [3.63, 3.8) is 0 Å². The summed E-state index contributed by atoms with van der Waals surface area (Å²) in [6.45, 7) is 8.35. The minimum absolute atomic E-state index is 0.0191. The van der Waals surface area contributed by atoms with E-state index in [1.54, 1.807) is 56.0 Å². The first kappa shape index (κ1) is 23.7. The molecule has 0 unspecified atom stereocenters. The molecular weight excluding hydrogens is 386 g/mol. The Bertz CT molecular complexity index is 782. The molecule has 0 saturated heterocycles. The first-order chi connectivity index (χ1) is 14.2. The Morgan fingerprint density at radius 1 is 1.27 bits per heavy atom. The SMILES string of the molecule is CCC(=O)Nc1ccc2c(c1)C(=O)N(C)C[C@@H](OC)[C@@H](C)CN(C(C)=O)[C@H](C)CO2. The molecule has 1 aliphatic rings. The highest BCUT2D eigenvalue weighted by molar-refractivity contribution is 5.99. The largest absolute Gasteiger partial charge is 0.491 e. The summed E-state index contributed by atoms with van der Waals surface area (Å²) < 4.78 is 11.6. The average molecular weight is 420 g/mol. The molecule has 1 aliphatic heterocycles. The smallest absolute Gasteiger partial charge is 0.257 e. The van der Waals surface area contributed by atoms with Gasteiger partial charge in [-0.2, -0.15) is 0 Å². The molecule has 0 aromatic heterocycles. The fourth-order valence-corrected chi connectivity index (χ4v) is 3.54. The summed E-state index contributed by atoms with van der Waals surface area (Å²) in [4.78, 5) is 40.6. The summed E-state index contributed by atoms with van der Waals surface area (Å²) in [5, 5.41) is 2.78. The van der Waals surface area contributed by atoms with Crippen LogP contribution in [0.1, 0.15) is 44.5 Å². The maximum atomic E-state index is 13.2. The van der Waals surface area contributed by atoms with Crippen LogP contribution in [-0.2, 0) is 14.3 Å². The number of nitrogens with zero attached hydrogens (tertiary/aromatic N) is 2. The second-order valence-electron chi connectivity index (χ2n) is 7.88. The highest BCUT2D eigenvalue weighted by Gasteiger charge is 2.29. The number of carbonyl (C=O) groups excluding carboxylic acids is 3. The van der Waals surface area contributed by atoms with E-state index in [1.807, 2.05) is 13.8 Å². The van der Waals surface area contributed by atoms with Crippen LogP contribution in [0.2, 0.25) is 0 Å². The van der Waals surface area contributed by atoms with Gasteiger partial charge in [-0.05, 0) is 25.1 Å². The third-order valence-electron chi connectivity index (χ3n) is 5.45. The topological polar surface area (TPSA) is 88.2 Å². The molecule has 3 atom stereocenters. The van der Waals surface area contributed by atoms with Gasteiger partial charge in [-0.1, -0.05) is 13.8 Å². The van der Waals surface area contributed by atoms with Crippen LogP contribution in [0.5, 0.6) is 5.75 Å². The van der Waals surface area contributed by atoms with Crippen molar-refractivity contribution in [2.45, 2.75) is 46.3 Å². The molecule has 3 amide bonds. The van der Waals surface area contributed by atoms with Gasteiger partial charge in [-0.15, -0.1) is 0 Å². The normalized spacial score (nSPS) is 23.0. The lowest BCUT2D eigenvalue weighted by Gasteiger charge is -2.35. The van der Waals surface area contributed by atoms with Crippen LogP contribution in [0.4, 0.5) is 5.69 Å². The van der Waals surface area contributed by atoms with Crippen molar-refractivity contribution in [2.75, 3.05) is 39.2 Å². The number of ether oxygens (including phenoxy) is 2. The molecule has 8 nitrogen and oxygen atoms in total. The Morgan fingerprint density at radius 2 is 1.97 bits per heavy atom. The predicted octanol–water partition coefficient (Wildman–Crippen LogP) is 2.39. The summed E-state index contributed by atoms with van der Waals surface area (Å²) in [5.41, 5.74) is 0.893. The third kappa shape index (κ3) is 5.72. The quantitative estimate of drug-likeness (QED) is 0.813. The van der Waals surface area contributed by atoms with E-state index in [4.69, 9.17) is 9.47 Å². The van der Waals surface area contributed by atoms with Crippen LogP contribution in [-0.4, -0.2) is 73.5 Å². The van der Waals surface area contributed by atoms with E-state index in [2.05, 4.69) is 5.32 Å². The average Bonchev–Trinajstić information content (AvgIpc) is 2.72. The lowest BCUT2D eigenvalue weighted by Crippen LogP contribution is -2.48. The van der Waals surface area contributed by atoms with Gasteiger partial charge in [-0.3, -0.25) is 14.4 Å². The van der Waals surface area contributed by atoms with Gasteiger partial charge >= 0.3 is 0 Å². The maximum absolute atomic E-state index is 13.2. The van der Waals surface area contributed by atoms with Crippen molar-refractivity contribution >= 4 is 23.4 Å². The zero-order chi connectivity index (χ0) is 22.4. The molecule has 2 rings (SSSR count). The lowest BCUT2D eigenvalue weighted by molar-refractivity contribution is -0.133. The Hall–Kier alpha value is -2.61. The minimum Gasteiger partial charge on any atom is -0.491 e. The number of hydrogen-bond donors (Lipinski definition) is 1. The molecule has 1 N–H and O–H groups in total. The van der Waals surface area contributed by atoms with E-state index < -0.39 is 0 Å². The summed E-state index contributed by atoms with van der Waals surface area (Å²) >= 11 is 0. The molecule has 30 heavy (non-hydrogen) atoms. The number of methoxy groups -OCH3 is 1. The Balaban J connectivity index is 2.44. The number of rotatable bonds is 3. The Kier molecular flexibility index (Phi) is 8.23. The second kappa shape index (κ2) is 10.4. The van der Waals surface area contributed by atoms with Gasteiger partial charge in [-0.25, -0.2) is 0 Å². The molecule has 8 heteroatoms. The first-order valence-electron chi connectivity index (χ1n) is 10.3. The monoisotopic (exact) mass is 419 g/mol. The molecule has 0 radical (unpaired) electrons. The molecule has 0 saturated carbocycles. The fraction of sp³-hybridized carbons (Fsp3) is 0.591. The Morgan fingerprint density at radius 3 is 2.57 bits per heavy atom. The molecule has 0 spiro atoms. The van der Waals surface area contributed by atoms with Gasteiger partial charge in [0.1, 0.15) is 12.4 Å².